The summed E-state index contributed by atoms with van der Waals surface area (Å²) in [5.74, 6) is 0. The van der Waals surface area contributed by atoms with Crippen LogP contribution in [0.4, 0.5) is 0 Å². The number of aryl methyl sites for hydroxylation is 1. The molecule has 0 atom stereocenters. The molecule has 3 rings (SSSR count). The second-order valence-corrected chi connectivity index (χ2v) is 4.69. The van der Waals surface area contributed by atoms with Crippen molar-refractivity contribution in [3.05, 3.63) is 34.0 Å². The van der Waals surface area contributed by atoms with Gasteiger partial charge in [-0.3, -0.25) is 5.10 Å². The number of aromatic nitrogens is 2. The van der Waals surface area contributed by atoms with Crippen LogP contribution in [0.5, 0.6) is 0 Å². The monoisotopic (exact) mass is 248 g/mol. The molecule has 4 heteroatoms. The Hall–Kier alpha value is -1.32. The first-order valence-electron chi connectivity index (χ1n) is 5.66. The Morgan fingerprint density at radius 2 is 2.35 bits per heavy atom. The molecule has 0 radical (unpaired) electrons. The minimum absolute atomic E-state index is 0.721. The Labute approximate surface area is 104 Å². The minimum Gasteiger partial charge on any atom is -0.377 e. The third-order valence-corrected chi connectivity index (χ3v) is 3.49. The van der Waals surface area contributed by atoms with Gasteiger partial charge in [-0.2, -0.15) is 5.10 Å². The summed E-state index contributed by atoms with van der Waals surface area (Å²) in [5, 5.41) is 8.94. The first-order valence-corrected chi connectivity index (χ1v) is 6.04. The van der Waals surface area contributed by atoms with E-state index in [2.05, 4.69) is 16.3 Å². The number of halogens is 1. The number of nitrogens with zero attached hydrogens (tertiary/aromatic N) is 1. The first-order chi connectivity index (χ1) is 8.25. The molecule has 2 heterocycles. The SMILES string of the molecule is Cc1[nH]nc2ccc(/C=C3\CCOC3)c(Cl)c12. The maximum atomic E-state index is 6.42. The van der Waals surface area contributed by atoms with Gasteiger partial charge < -0.3 is 4.74 Å². The molecule has 2 aromatic rings. The molecule has 0 bridgehead atoms. The topological polar surface area (TPSA) is 37.9 Å². The number of hydrogen-bond acceptors (Lipinski definition) is 2. The van der Waals surface area contributed by atoms with Gasteiger partial charge in [0.2, 0.25) is 0 Å². The summed E-state index contributed by atoms with van der Waals surface area (Å²) in [6.07, 6.45) is 3.12. The third kappa shape index (κ3) is 1.85. The van der Waals surface area contributed by atoms with Crippen LogP contribution in [-0.4, -0.2) is 23.4 Å². The van der Waals surface area contributed by atoms with E-state index in [1.54, 1.807) is 0 Å². The summed E-state index contributed by atoms with van der Waals surface area (Å²) in [6.45, 7) is 3.52. The smallest absolute Gasteiger partial charge is 0.0939 e. The molecule has 1 fully saturated rings. The molecule has 0 unspecified atom stereocenters. The summed E-state index contributed by atoms with van der Waals surface area (Å²) in [7, 11) is 0. The minimum atomic E-state index is 0.721. The van der Waals surface area contributed by atoms with E-state index in [-0.39, 0.29) is 0 Å². The second-order valence-electron chi connectivity index (χ2n) is 4.32. The van der Waals surface area contributed by atoms with Crippen LogP contribution in [0, 0.1) is 6.92 Å². The van der Waals surface area contributed by atoms with Crippen LogP contribution in [0.2, 0.25) is 5.02 Å². The van der Waals surface area contributed by atoms with Gasteiger partial charge in [0.15, 0.2) is 0 Å². The van der Waals surface area contributed by atoms with E-state index in [9.17, 15) is 0 Å². The molecule has 1 N–H and O–H groups in total. The predicted octanol–water partition coefficient (Wildman–Crippen LogP) is 3.33. The van der Waals surface area contributed by atoms with Gasteiger partial charge in [0.25, 0.3) is 0 Å². The van der Waals surface area contributed by atoms with Gasteiger partial charge >= 0.3 is 0 Å². The Kier molecular flexibility index (Phi) is 2.65. The molecule has 17 heavy (non-hydrogen) atoms. The quantitative estimate of drug-likeness (QED) is 0.841. The molecule has 1 saturated heterocycles. The number of fused-ring (bicyclic) bond motifs is 1. The van der Waals surface area contributed by atoms with E-state index in [0.29, 0.717) is 0 Å². The van der Waals surface area contributed by atoms with E-state index in [0.717, 1.165) is 46.8 Å². The summed E-state index contributed by atoms with van der Waals surface area (Å²) in [6, 6.07) is 4.00. The maximum Gasteiger partial charge on any atom is 0.0939 e. The zero-order chi connectivity index (χ0) is 11.8. The van der Waals surface area contributed by atoms with Crippen molar-refractivity contribution in [2.45, 2.75) is 13.3 Å². The van der Waals surface area contributed by atoms with Crippen molar-refractivity contribution in [1.82, 2.24) is 10.2 Å². The van der Waals surface area contributed by atoms with Crippen molar-refractivity contribution in [2.75, 3.05) is 13.2 Å². The van der Waals surface area contributed by atoms with Gasteiger partial charge in [-0.1, -0.05) is 23.7 Å². The number of hydrogen-bond donors (Lipinski definition) is 1. The number of benzene rings is 1. The molecule has 0 saturated carbocycles. The fourth-order valence-corrected chi connectivity index (χ4v) is 2.51. The van der Waals surface area contributed by atoms with Crippen LogP contribution < -0.4 is 0 Å². The van der Waals surface area contributed by atoms with Gasteiger partial charge in [-0.05, 0) is 30.5 Å². The highest BCUT2D eigenvalue weighted by atomic mass is 35.5. The average Bonchev–Trinajstić information content (AvgIpc) is 2.93. The van der Waals surface area contributed by atoms with Gasteiger partial charge in [0.1, 0.15) is 0 Å². The molecule has 88 valence electrons. The van der Waals surface area contributed by atoms with Gasteiger partial charge in [-0.15, -0.1) is 0 Å². The molecule has 1 aliphatic rings. The van der Waals surface area contributed by atoms with Gasteiger partial charge in [-0.25, -0.2) is 0 Å². The largest absolute Gasteiger partial charge is 0.377 e. The van der Waals surface area contributed by atoms with Crippen molar-refractivity contribution in [1.29, 1.82) is 0 Å². The van der Waals surface area contributed by atoms with Crippen LogP contribution >= 0.6 is 11.6 Å². The van der Waals surface area contributed by atoms with Crippen molar-refractivity contribution in [3.63, 3.8) is 0 Å². The number of rotatable bonds is 1. The van der Waals surface area contributed by atoms with Gasteiger partial charge in [0.05, 0.1) is 23.8 Å². The van der Waals surface area contributed by atoms with E-state index >= 15 is 0 Å². The van der Waals surface area contributed by atoms with Crippen LogP contribution in [0.15, 0.2) is 17.7 Å². The standard InChI is InChI=1S/C13H13ClN2O/c1-8-12-11(16-15-8)3-2-10(13(12)14)6-9-4-5-17-7-9/h2-3,6H,4-5,7H2,1H3,(H,15,16)/b9-6+. The molecule has 1 aromatic heterocycles. The van der Waals surface area contributed by atoms with Crippen molar-refractivity contribution < 1.29 is 4.74 Å². The molecule has 3 nitrogen and oxygen atoms in total. The predicted molar refractivity (Wildman–Crippen MR) is 69.3 cm³/mol. The fourth-order valence-electron chi connectivity index (χ4n) is 2.16. The first kappa shape index (κ1) is 10.8. The fraction of sp³-hybridized carbons (Fsp3) is 0.308. The normalized spacial score (nSPS) is 18.4. The molecular weight excluding hydrogens is 236 g/mol. The highest BCUT2D eigenvalue weighted by Crippen LogP contribution is 2.30. The molecule has 1 aliphatic heterocycles. The van der Waals surface area contributed by atoms with Crippen LogP contribution in [0.25, 0.3) is 17.0 Å². The average molecular weight is 249 g/mol. The van der Waals surface area contributed by atoms with E-state index in [1.165, 1.54) is 5.57 Å². The van der Waals surface area contributed by atoms with Crippen LogP contribution in [0.3, 0.4) is 0 Å². The lowest BCUT2D eigenvalue weighted by atomic mass is 10.1. The van der Waals surface area contributed by atoms with E-state index < -0.39 is 0 Å². The highest BCUT2D eigenvalue weighted by molar-refractivity contribution is 6.37. The zero-order valence-corrected chi connectivity index (χ0v) is 10.3. The molecule has 0 spiro atoms. The van der Waals surface area contributed by atoms with Crippen LogP contribution in [0.1, 0.15) is 17.7 Å². The summed E-state index contributed by atoms with van der Waals surface area (Å²) in [4.78, 5) is 0. The summed E-state index contributed by atoms with van der Waals surface area (Å²) < 4.78 is 5.34. The molecule has 0 amide bonds. The van der Waals surface area contributed by atoms with E-state index in [4.69, 9.17) is 16.3 Å². The molecular formula is C13H13ClN2O. The summed E-state index contributed by atoms with van der Waals surface area (Å²) >= 11 is 6.42. The number of nitrogens with one attached hydrogen (secondary N) is 1. The maximum absolute atomic E-state index is 6.42. The Morgan fingerprint density at radius 3 is 3.12 bits per heavy atom. The number of H-pyrrole nitrogens is 1. The van der Waals surface area contributed by atoms with Crippen LogP contribution in [-0.2, 0) is 4.74 Å². The lowest BCUT2D eigenvalue weighted by molar-refractivity contribution is 0.205. The zero-order valence-electron chi connectivity index (χ0n) is 9.59. The number of aromatic amines is 1. The summed E-state index contributed by atoms with van der Waals surface area (Å²) in [5.41, 5.74) is 4.27. The second kappa shape index (κ2) is 4.17. The number of ether oxygens (including phenoxy) is 1. The lowest BCUT2D eigenvalue weighted by Gasteiger charge is -2.02. The Morgan fingerprint density at radius 1 is 1.47 bits per heavy atom. The Balaban J connectivity index is 2.13. The van der Waals surface area contributed by atoms with Crippen molar-refractivity contribution in [3.8, 4) is 0 Å². The lowest BCUT2D eigenvalue weighted by Crippen LogP contribution is -1.84. The van der Waals surface area contributed by atoms with E-state index in [1.807, 2.05) is 19.1 Å². The van der Waals surface area contributed by atoms with Crippen molar-refractivity contribution >= 4 is 28.6 Å². The third-order valence-electron chi connectivity index (χ3n) is 3.08. The highest BCUT2D eigenvalue weighted by Gasteiger charge is 2.11. The van der Waals surface area contributed by atoms with Gasteiger partial charge in [0, 0.05) is 11.1 Å². The Bertz CT molecular complexity index is 593. The molecule has 0 aliphatic carbocycles. The molecule has 1 aromatic carbocycles. The van der Waals surface area contributed by atoms with Crippen molar-refractivity contribution in [2.24, 2.45) is 0 Å².